The number of hydrogen-bond acceptors (Lipinski definition) is 6. The highest BCUT2D eigenvalue weighted by Crippen LogP contribution is 2.26. The summed E-state index contributed by atoms with van der Waals surface area (Å²) in [6.45, 7) is 2.48. The maximum absolute atomic E-state index is 13.8. The molecule has 0 saturated carbocycles. The van der Waals surface area contributed by atoms with Crippen LogP contribution in [0.4, 0.5) is 10.2 Å². The Morgan fingerprint density at radius 2 is 2.09 bits per heavy atom. The number of nitrogens with one attached hydrogen (secondary N) is 2. The van der Waals surface area contributed by atoms with E-state index in [1.54, 1.807) is 10.9 Å². The van der Waals surface area contributed by atoms with E-state index in [2.05, 4.69) is 36.3 Å². The van der Waals surface area contributed by atoms with Gasteiger partial charge in [0.05, 0.1) is 12.5 Å². The second kappa shape index (κ2) is 8.35. The molecule has 8 nitrogen and oxygen atoms in total. The van der Waals surface area contributed by atoms with Crippen molar-refractivity contribution in [3.63, 3.8) is 0 Å². The van der Waals surface area contributed by atoms with Gasteiger partial charge in [0.15, 0.2) is 22.8 Å². The summed E-state index contributed by atoms with van der Waals surface area (Å²) >= 11 is 0. The largest absolute Gasteiger partial charge is 0.373 e. The van der Waals surface area contributed by atoms with Crippen molar-refractivity contribution in [2.24, 2.45) is 0 Å². The molecule has 1 aromatic carbocycles. The molecule has 0 aliphatic carbocycles. The molecule has 0 amide bonds. The van der Waals surface area contributed by atoms with Crippen LogP contribution < -0.4 is 5.32 Å². The van der Waals surface area contributed by atoms with Crippen LogP contribution >= 0.6 is 0 Å². The minimum Gasteiger partial charge on any atom is -0.373 e. The molecule has 3 N–H and O–H groups in total. The van der Waals surface area contributed by atoms with Crippen molar-refractivity contribution in [1.82, 2.24) is 29.5 Å². The zero-order valence-corrected chi connectivity index (χ0v) is 17.5. The van der Waals surface area contributed by atoms with Crippen LogP contribution in [-0.2, 0) is 6.42 Å². The summed E-state index contributed by atoms with van der Waals surface area (Å²) in [7, 11) is 0. The highest BCUT2D eigenvalue weighted by atomic mass is 19.1. The van der Waals surface area contributed by atoms with Gasteiger partial charge in [-0.25, -0.2) is 19.3 Å². The molecule has 0 aliphatic heterocycles. The number of anilines is 1. The molecule has 4 aromatic heterocycles. The van der Waals surface area contributed by atoms with Gasteiger partial charge in [-0.15, -0.1) is 0 Å². The number of imidazole rings is 1. The Kier molecular flexibility index (Phi) is 5.24. The number of benzene rings is 1. The molecule has 9 heteroatoms. The minimum atomic E-state index is -0.771. The SMILES string of the molecule is CC[C@H](O)n1cnc2c(NCCc3c[nH]c4ccccc34)nc(-c3cncc(F)c3)nc21. The third-order valence-corrected chi connectivity index (χ3v) is 5.43. The number of hydrogen-bond donors (Lipinski definition) is 3. The fourth-order valence-corrected chi connectivity index (χ4v) is 3.77. The van der Waals surface area contributed by atoms with Crippen molar-refractivity contribution in [2.45, 2.75) is 26.0 Å². The quantitative estimate of drug-likeness (QED) is 0.359. The molecule has 5 rings (SSSR count). The first kappa shape index (κ1) is 20.1. The molecule has 5 aromatic rings. The van der Waals surface area contributed by atoms with E-state index >= 15 is 0 Å². The molecular weight excluding hydrogens is 409 g/mol. The van der Waals surface area contributed by atoms with Crippen LogP contribution in [-0.4, -0.2) is 41.1 Å². The number of aromatic nitrogens is 6. The highest BCUT2D eigenvalue weighted by Gasteiger charge is 2.18. The van der Waals surface area contributed by atoms with Crippen molar-refractivity contribution in [3.05, 3.63) is 66.6 Å². The van der Waals surface area contributed by atoms with Gasteiger partial charge >= 0.3 is 0 Å². The van der Waals surface area contributed by atoms with E-state index in [1.165, 1.54) is 23.2 Å². The number of aliphatic hydroxyl groups excluding tert-OH is 1. The van der Waals surface area contributed by atoms with Gasteiger partial charge in [-0.3, -0.25) is 9.55 Å². The van der Waals surface area contributed by atoms with Gasteiger partial charge in [0.2, 0.25) is 0 Å². The number of para-hydroxylation sites is 1. The molecule has 1 atom stereocenters. The van der Waals surface area contributed by atoms with Crippen molar-refractivity contribution in [2.75, 3.05) is 11.9 Å². The van der Waals surface area contributed by atoms with Crippen LogP contribution in [0.5, 0.6) is 0 Å². The Labute approximate surface area is 183 Å². The van der Waals surface area contributed by atoms with E-state index in [9.17, 15) is 9.50 Å². The summed E-state index contributed by atoms with van der Waals surface area (Å²) in [6.07, 6.45) is 6.70. The van der Waals surface area contributed by atoms with E-state index in [-0.39, 0.29) is 0 Å². The molecule has 0 unspecified atom stereocenters. The predicted octanol–water partition coefficient (Wildman–Crippen LogP) is 4.06. The lowest BCUT2D eigenvalue weighted by atomic mass is 10.1. The number of nitrogens with zero attached hydrogens (tertiary/aromatic N) is 5. The van der Waals surface area contributed by atoms with Gasteiger partial charge in [0.1, 0.15) is 12.0 Å². The monoisotopic (exact) mass is 431 g/mol. The van der Waals surface area contributed by atoms with Crippen LogP contribution in [0.1, 0.15) is 25.1 Å². The van der Waals surface area contributed by atoms with E-state index in [0.29, 0.717) is 41.3 Å². The van der Waals surface area contributed by atoms with Gasteiger partial charge in [0, 0.05) is 35.4 Å². The molecule has 0 fully saturated rings. The first-order valence-corrected chi connectivity index (χ1v) is 10.5. The third kappa shape index (κ3) is 3.67. The van der Waals surface area contributed by atoms with Crippen LogP contribution in [0.15, 0.2) is 55.2 Å². The van der Waals surface area contributed by atoms with E-state index in [0.717, 1.165) is 18.1 Å². The maximum Gasteiger partial charge on any atom is 0.168 e. The molecule has 32 heavy (non-hydrogen) atoms. The molecule has 0 radical (unpaired) electrons. The number of fused-ring (bicyclic) bond motifs is 2. The first-order chi connectivity index (χ1) is 15.6. The third-order valence-electron chi connectivity index (χ3n) is 5.43. The van der Waals surface area contributed by atoms with E-state index in [1.807, 2.05) is 31.3 Å². The second-order valence-electron chi connectivity index (χ2n) is 7.54. The smallest absolute Gasteiger partial charge is 0.168 e. The van der Waals surface area contributed by atoms with Crippen LogP contribution in [0.2, 0.25) is 0 Å². The topological polar surface area (TPSA) is 105 Å². The maximum atomic E-state index is 13.8. The molecule has 162 valence electrons. The Morgan fingerprint density at radius 3 is 2.94 bits per heavy atom. The zero-order chi connectivity index (χ0) is 22.1. The van der Waals surface area contributed by atoms with Crippen molar-refractivity contribution in [1.29, 1.82) is 0 Å². The van der Waals surface area contributed by atoms with E-state index < -0.39 is 12.0 Å². The summed E-state index contributed by atoms with van der Waals surface area (Å²) in [4.78, 5) is 20.8. The number of aromatic amines is 1. The van der Waals surface area contributed by atoms with Crippen molar-refractivity contribution < 1.29 is 9.50 Å². The normalized spacial score (nSPS) is 12.5. The van der Waals surface area contributed by atoms with Crippen LogP contribution in [0.25, 0.3) is 33.5 Å². The lowest BCUT2D eigenvalue weighted by Gasteiger charge is -2.12. The average Bonchev–Trinajstić information content (AvgIpc) is 3.43. The second-order valence-corrected chi connectivity index (χ2v) is 7.54. The lowest BCUT2D eigenvalue weighted by Crippen LogP contribution is -2.10. The number of pyridine rings is 1. The van der Waals surface area contributed by atoms with E-state index in [4.69, 9.17) is 0 Å². The highest BCUT2D eigenvalue weighted by molar-refractivity contribution is 5.85. The van der Waals surface area contributed by atoms with Gasteiger partial charge in [-0.2, -0.15) is 0 Å². The minimum absolute atomic E-state index is 0.309. The van der Waals surface area contributed by atoms with Crippen LogP contribution in [0, 0.1) is 5.82 Å². The zero-order valence-electron chi connectivity index (χ0n) is 17.5. The fraction of sp³-hybridized carbons (Fsp3) is 0.217. The molecular formula is C23H22FN7O. The number of rotatable bonds is 7. The summed E-state index contributed by atoms with van der Waals surface area (Å²) in [5.41, 5.74) is 3.76. The number of halogens is 1. The summed E-state index contributed by atoms with van der Waals surface area (Å²) < 4.78 is 15.4. The van der Waals surface area contributed by atoms with Gasteiger partial charge < -0.3 is 15.4 Å². The molecule has 0 bridgehead atoms. The Balaban J connectivity index is 1.50. The Hall–Kier alpha value is -3.85. The van der Waals surface area contributed by atoms with Gasteiger partial charge in [-0.1, -0.05) is 25.1 Å². The summed E-state index contributed by atoms with van der Waals surface area (Å²) in [6, 6.07) is 9.49. The van der Waals surface area contributed by atoms with Gasteiger partial charge in [-0.05, 0) is 30.5 Å². The van der Waals surface area contributed by atoms with Crippen molar-refractivity contribution >= 4 is 27.9 Å². The molecule has 0 spiro atoms. The fourth-order valence-electron chi connectivity index (χ4n) is 3.77. The Morgan fingerprint density at radius 1 is 1.22 bits per heavy atom. The molecule has 0 saturated heterocycles. The summed E-state index contributed by atoms with van der Waals surface area (Å²) in [5, 5.41) is 14.9. The standard InChI is InChI=1S/C23H22FN7O/c1-2-19(32)31-13-28-20-22(26-8-7-14-11-27-18-6-4-3-5-17(14)18)29-21(30-23(20)31)15-9-16(24)12-25-10-15/h3-6,9-13,19,27,32H,2,7-8H2,1H3,(H,26,29,30)/t19-/m0/s1. The summed E-state index contributed by atoms with van der Waals surface area (Å²) in [5.74, 6) is 0.363. The van der Waals surface area contributed by atoms with Gasteiger partial charge in [0.25, 0.3) is 0 Å². The first-order valence-electron chi connectivity index (χ1n) is 10.5. The van der Waals surface area contributed by atoms with Crippen LogP contribution in [0.3, 0.4) is 0 Å². The lowest BCUT2D eigenvalue weighted by molar-refractivity contribution is 0.103. The number of H-pyrrole nitrogens is 1. The molecule has 4 heterocycles. The predicted molar refractivity (Wildman–Crippen MR) is 121 cm³/mol. The average molecular weight is 431 g/mol. The van der Waals surface area contributed by atoms with Crippen molar-refractivity contribution in [3.8, 4) is 11.4 Å². The Bertz CT molecular complexity index is 1390. The number of aliphatic hydroxyl groups is 1. The molecule has 0 aliphatic rings.